The van der Waals surface area contributed by atoms with Crippen LogP contribution in [0.15, 0.2) is 47.0 Å². The largest absolute Gasteiger partial charge is 0.370 e. The van der Waals surface area contributed by atoms with Crippen LogP contribution in [0, 0.1) is 6.92 Å². The van der Waals surface area contributed by atoms with Gasteiger partial charge in [0.05, 0.1) is 22.8 Å². The second-order valence-corrected chi connectivity index (χ2v) is 9.81. The molecule has 2 aliphatic heterocycles. The van der Waals surface area contributed by atoms with Gasteiger partial charge >= 0.3 is 0 Å². The van der Waals surface area contributed by atoms with E-state index in [0.717, 1.165) is 29.8 Å². The van der Waals surface area contributed by atoms with Crippen LogP contribution in [0.2, 0.25) is 0 Å². The van der Waals surface area contributed by atoms with Crippen LogP contribution in [0.5, 0.6) is 0 Å². The van der Waals surface area contributed by atoms with Gasteiger partial charge in [0.2, 0.25) is 10.0 Å². The Morgan fingerprint density at radius 2 is 1.89 bits per heavy atom. The molecule has 28 heavy (non-hydrogen) atoms. The number of nitrogens with zero attached hydrogens (tertiary/aromatic N) is 3. The van der Waals surface area contributed by atoms with Crippen molar-refractivity contribution in [1.82, 2.24) is 14.1 Å². The predicted molar refractivity (Wildman–Crippen MR) is 108 cm³/mol. The molecule has 0 saturated carbocycles. The lowest BCUT2D eigenvalue weighted by Crippen LogP contribution is -2.48. The topological polar surface area (TPSA) is 64.4 Å². The zero-order valence-electron chi connectivity index (χ0n) is 16.7. The normalized spacial score (nSPS) is 20.3. The number of piperidine rings is 1. The predicted octanol–water partition coefficient (Wildman–Crippen LogP) is 3.29. The number of ether oxygens (including phenoxy) is 1. The lowest BCUT2D eigenvalue weighted by Gasteiger charge is -2.41. The summed E-state index contributed by atoms with van der Waals surface area (Å²) in [5.41, 5.74) is 3.94. The van der Waals surface area contributed by atoms with Gasteiger partial charge in [0.15, 0.2) is 0 Å². The molecule has 150 valence electrons. The summed E-state index contributed by atoms with van der Waals surface area (Å²) in [5, 5.41) is 4.20. The molecule has 0 N–H and O–H groups in total. The van der Waals surface area contributed by atoms with Gasteiger partial charge in [0.25, 0.3) is 0 Å². The maximum Gasteiger partial charge on any atom is 0.243 e. The fourth-order valence-corrected chi connectivity index (χ4v) is 5.77. The molecule has 7 heteroatoms. The number of rotatable bonds is 3. The number of aromatic nitrogens is 2. The second-order valence-electron chi connectivity index (χ2n) is 7.87. The average molecular weight is 402 g/mol. The van der Waals surface area contributed by atoms with Crippen molar-refractivity contribution in [1.29, 1.82) is 0 Å². The number of hydrogen-bond donors (Lipinski definition) is 0. The molecule has 6 nitrogen and oxygen atoms in total. The lowest BCUT2D eigenvalue weighted by molar-refractivity contribution is -0.0462. The fourth-order valence-electron chi connectivity index (χ4n) is 4.24. The van der Waals surface area contributed by atoms with Crippen molar-refractivity contribution < 1.29 is 13.2 Å². The van der Waals surface area contributed by atoms with Crippen LogP contribution in [0.4, 0.5) is 0 Å². The molecule has 2 aliphatic rings. The zero-order chi connectivity index (χ0) is 19.9. The molecule has 1 fully saturated rings. The Labute approximate surface area is 166 Å². The molecule has 0 amide bonds. The van der Waals surface area contributed by atoms with Crippen LogP contribution in [0.3, 0.4) is 0 Å². The van der Waals surface area contributed by atoms with Crippen LogP contribution in [0.25, 0.3) is 11.3 Å². The maximum absolute atomic E-state index is 13.2. The Morgan fingerprint density at radius 3 is 2.50 bits per heavy atom. The summed E-state index contributed by atoms with van der Waals surface area (Å²) in [6.07, 6.45) is 6.32. The quantitative estimate of drug-likeness (QED) is 0.741. The Kier molecular flexibility index (Phi) is 4.93. The minimum Gasteiger partial charge on any atom is -0.370 e. The van der Waals surface area contributed by atoms with Gasteiger partial charge in [0, 0.05) is 31.9 Å². The van der Waals surface area contributed by atoms with E-state index in [4.69, 9.17) is 4.74 Å². The molecule has 0 radical (unpaired) electrons. The van der Waals surface area contributed by atoms with E-state index < -0.39 is 10.0 Å². The molecule has 3 heterocycles. The van der Waals surface area contributed by atoms with E-state index in [9.17, 15) is 8.42 Å². The van der Waals surface area contributed by atoms with E-state index >= 15 is 0 Å². The third kappa shape index (κ3) is 3.43. The Bertz CT molecular complexity index is 1020. The third-order valence-electron chi connectivity index (χ3n) is 5.90. The minimum absolute atomic E-state index is 0.284. The number of sulfonamides is 1. The standard InChI is InChI=1S/C21H27N3O3S/c1-16-7-13-27-21(15-16)8-11-24(12-9-21)28(25,26)18-4-5-19(17(2)14-18)20-6-10-22-23(20)3/h4-6,10,14-15H,7-9,11-13H2,1-3H3. The highest BCUT2D eigenvalue weighted by atomic mass is 32.2. The van der Waals surface area contributed by atoms with E-state index in [-0.39, 0.29) is 5.60 Å². The summed E-state index contributed by atoms with van der Waals surface area (Å²) in [6, 6.07) is 7.28. The average Bonchev–Trinajstić information content (AvgIpc) is 3.07. The van der Waals surface area contributed by atoms with E-state index in [1.807, 2.05) is 26.1 Å². The molecule has 1 aromatic carbocycles. The van der Waals surface area contributed by atoms with E-state index in [2.05, 4.69) is 18.1 Å². The molecular formula is C21H27N3O3S. The molecule has 1 saturated heterocycles. The highest BCUT2D eigenvalue weighted by Crippen LogP contribution is 2.35. The summed E-state index contributed by atoms with van der Waals surface area (Å²) >= 11 is 0. The molecule has 2 aromatic rings. The Hall–Kier alpha value is -1.96. The third-order valence-corrected chi connectivity index (χ3v) is 7.79. The molecule has 0 bridgehead atoms. The first-order valence-electron chi connectivity index (χ1n) is 9.72. The summed E-state index contributed by atoms with van der Waals surface area (Å²) in [5.74, 6) is 0. The van der Waals surface area contributed by atoms with Crippen LogP contribution in [-0.4, -0.2) is 47.8 Å². The van der Waals surface area contributed by atoms with Crippen molar-refractivity contribution >= 4 is 10.0 Å². The second kappa shape index (κ2) is 7.13. The van der Waals surface area contributed by atoms with Gasteiger partial charge in [-0.25, -0.2) is 8.42 Å². The Balaban J connectivity index is 1.55. The van der Waals surface area contributed by atoms with Crippen LogP contribution in [-0.2, 0) is 21.8 Å². The van der Waals surface area contributed by atoms with Crippen molar-refractivity contribution in [2.75, 3.05) is 19.7 Å². The van der Waals surface area contributed by atoms with Gasteiger partial charge in [0.1, 0.15) is 0 Å². The van der Waals surface area contributed by atoms with Crippen molar-refractivity contribution in [3.63, 3.8) is 0 Å². The van der Waals surface area contributed by atoms with Gasteiger partial charge in [-0.1, -0.05) is 17.7 Å². The highest BCUT2D eigenvalue weighted by Gasteiger charge is 2.39. The maximum atomic E-state index is 13.2. The first-order chi connectivity index (χ1) is 13.3. The van der Waals surface area contributed by atoms with Gasteiger partial charge in [-0.15, -0.1) is 0 Å². The molecule has 0 aliphatic carbocycles. The minimum atomic E-state index is -3.51. The zero-order valence-corrected chi connectivity index (χ0v) is 17.5. The fraction of sp³-hybridized carbons (Fsp3) is 0.476. The smallest absolute Gasteiger partial charge is 0.243 e. The number of aryl methyl sites for hydroxylation is 2. The first kappa shape index (κ1) is 19.4. The molecular weight excluding hydrogens is 374 g/mol. The summed E-state index contributed by atoms with van der Waals surface area (Å²) in [7, 11) is -1.63. The van der Waals surface area contributed by atoms with Crippen LogP contribution in [0.1, 0.15) is 31.7 Å². The Morgan fingerprint density at radius 1 is 1.14 bits per heavy atom. The molecule has 0 unspecified atom stereocenters. The first-order valence-corrected chi connectivity index (χ1v) is 11.2. The molecule has 0 atom stereocenters. The van der Waals surface area contributed by atoms with E-state index in [1.165, 1.54) is 5.57 Å². The van der Waals surface area contributed by atoms with E-state index in [0.29, 0.717) is 30.8 Å². The summed E-state index contributed by atoms with van der Waals surface area (Å²) < 4.78 is 35.8. The van der Waals surface area contributed by atoms with Crippen molar-refractivity contribution in [2.24, 2.45) is 7.05 Å². The summed E-state index contributed by atoms with van der Waals surface area (Å²) in [4.78, 5) is 0.350. The van der Waals surface area contributed by atoms with Gasteiger partial charge < -0.3 is 4.74 Å². The van der Waals surface area contributed by atoms with Crippen molar-refractivity contribution in [3.8, 4) is 11.3 Å². The molecule has 4 rings (SSSR count). The van der Waals surface area contributed by atoms with E-state index in [1.54, 1.807) is 27.3 Å². The SMILES string of the molecule is CC1=CC2(CCN(S(=O)(=O)c3ccc(-c4ccnn4C)c(C)c3)CC2)OCC1. The summed E-state index contributed by atoms with van der Waals surface area (Å²) in [6.45, 7) is 5.75. The van der Waals surface area contributed by atoms with Crippen molar-refractivity contribution in [2.45, 2.75) is 43.6 Å². The highest BCUT2D eigenvalue weighted by molar-refractivity contribution is 7.89. The van der Waals surface area contributed by atoms with Crippen LogP contribution >= 0.6 is 0 Å². The lowest BCUT2D eigenvalue weighted by atomic mass is 9.88. The molecule has 1 aromatic heterocycles. The van der Waals surface area contributed by atoms with Gasteiger partial charge in [-0.3, -0.25) is 4.68 Å². The van der Waals surface area contributed by atoms with Gasteiger partial charge in [-0.2, -0.15) is 9.40 Å². The molecule has 1 spiro atoms. The monoisotopic (exact) mass is 401 g/mol. The van der Waals surface area contributed by atoms with Crippen molar-refractivity contribution in [3.05, 3.63) is 47.7 Å². The van der Waals surface area contributed by atoms with Gasteiger partial charge in [-0.05, 0) is 56.9 Å². The van der Waals surface area contributed by atoms with Crippen LogP contribution < -0.4 is 0 Å². The number of hydrogen-bond acceptors (Lipinski definition) is 4. The number of benzene rings is 1.